The van der Waals surface area contributed by atoms with E-state index in [1.807, 2.05) is 17.6 Å². The zero-order valence-electron chi connectivity index (χ0n) is 15.4. The van der Waals surface area contributed by atoms with Crippen LogP contribution in [0.25, 0.3) is 0 Å². The molecule has 1 saturated carbocycles. The number of ether oxygens (including phenoxy) is 1. The smallest absolute Gasteiger partial charge is 0.256 e. The Morgan fingerprint density at radius 3 is 2.77 bits per heavy atom. The lowest BCUT2D eigenvalue weighted by atomic mass is 9.98. The number of hydrogen-bond donors (Lipinski definition) is 1. The van der Waals surface area contributed by atoms with E-state index in [-0.39, 0.29) is 22.9 Å². The van der Waals surface area contributed by atoms with Crippen molar-refractivity contribution in [3.05, 3.63) is 69.6 Å². The van der Waals surface area contributed by atoms with Crippen LogP contribution in [-0.2, 0) is 11.3 Å². The lowest BCUT2D eigenvalue weighted by Gasteiger charge is -2.15. The Morgan fingerprint density at radius 2 is 2.04 bits per heavy atom. The summed E-state index contributed by atoms with van der Waals surface area (Å²) in [7, 11) is 1.63. The van der Waals surface area contributed by atoms with Gasteiger partial charge in [0.2, 0.25) is 0 Å². The summed E-state index contributed by atoms with van der Waals surface area (Å²) in [4.78, 5) is 24.9. The number of aryl methyl sites for hydroxylation is 1. The lowest BCUT2D eigenvalue weighted by Crippen LogP contribution is -2.36. The third-order valence-corrected chi connectivity index (χ3v) is 5.16. The van der Waals surface area contributed by atoms with Crippen molar-refractivity contribution in [2.24, 2.45) is 0 Å². The minimum atomic E-state index is -0.278. The molecule has 26 heavy (non-hydrogen) atoms. The highest BCUT2D eigenvalue weighted by atomic mass is 16.5. The summed E-state index contributed by atoms with van der Waals surface area (Å²) in [6, 6.07) is 12.0. The first-order valence-corrected chi connectivity index (χ1v) is 9.14. The molecule has 0 saturated heterocycles. The van der Waals surface area contributed by atoms with Gasteiger partial charge in [-0.05, 0) is 37.7 Å². The van der Waals surface area contributed by atoms with Crippen LogP contribution in [0.2, 0.25) is 0 Å². The first kappa shape index (κ1) is 18.4. The van der Waals surface area contributed by atoms with Crippen molar-refractivity contribution in [3.8, 4) is 0 Å². The number of nitrogens with one attached hydrogen (secondary N) is 1. The lowest BCUT2D eigenvalue weighted by molar-refractivity contribution is 0.0935. The van der Waals surface area contributed by atoms with Gasteiger partial charge >= 0.3 is 0 Å². The van der Waals surface area contributed by atoms with Crippen LogP contribution in [0.3, 0.4) is 0 Å². The number of carbonyl (C=O) groups is 1. The Kier molecular flexibility index (Phi) is 5.89. The van der Waals surface area contributed by atoms with Crippen LogP contribution in [0, 0.1) is 6.92 Å². The zero-order valence-corrected chi connectivity index (χ0v) is 15.4. The van der Waals surface area contributed by atoms with Crippen molar-refractivity contribution in [3.63, 3.8) is 0 Å². The molecule has 5 nitrogen and oxygen atoms in total. The molecule has 3 rings (SSSR count). The fraction of sp³-hybridized carbons (Fsp3) is 0.429. The van der Waals surface area contributed by atoms with E-state index in [9.17, 15) is 9.59 Å². The van der Waals surface area contributed by atoms with Crippen molar-refractivity contribution in [1.29, 1.82) is 0 Å². The van der Waals surface area contributed by atoms with E-state index in [2.05, 4.69) is 29.6 Å². The summed E-state index contributed by atoms with van der Waals surface area (Å²) in [5.41, 5.74) is 2.12. The molecule has 0 bridgehead atoms. The molecule has 1 aromatic carbocycles. The van der Waals surface area contributed by atoms with Gasteiger partial charge < -0.3 is 14.6 Å². The fourth-order valence-electron chi connectivity index (χ4n) is 3.68. The van der Waals surface area contributed by atoms with Gasteiger partial charge in [0.15, 0.2) is 5.43 Å². The monoisotopic (exact) mass is 354 g/mol. The maximum Gasteiger partial charge on any atom is 0.256 e. The highest BCUT2D eigenvalue weighted by Crippen LogP contribution is 2.34. The van der Waals surface area contributed by atoms with Crippen LogP contribution in [0.4, 0.5) is 0 Å². The SMILES string of the molecule is COCCn1cc(C(=O)N[C@@H]2CC[C@H](c3ccccc3)C2)c(=O)cc1C. The van der Waals surface area contributed by atoms with E-state index in [0.717, 1.165) is 25.0 Å². The van der Waals surface area contributed by atoms with Crippen LogP contribution in [-0.4, -0.2) is 30.2 Å². The Hall–Kier alpha value is -2.40. The molecule has 1 aliphatic rings. The van der Waals surface area contributed by atoms with Gasteiger partial charge in [0.25, 0.3) is 5.91 Å². The van der Waals surface area contributed by atoms with E-state index in [0.29, 0.717) is 19.1 Å². The van der Waals surface area contributed by atoms with E-state index in [1.165, 1.54) is 11.6 Å². The molecular formula is C21H26N2O3. The molecule has 1 N–H and O–H groups in total. The van der Waals surface area contributed by atoms with Crippen molar-refractivity contribution in [2.75, 3.05) is 13.7 Å². The summed E-state index contributed by atoms with van der Waals surface area (Å²) < 4.78 is 6.98. The van der Waals surface area contributed by atoms with E-state index in [1.54, 1.807) is 13.3 Å². The second-order valence-corrected chi connectivity index (χ2v) is 6.97. The first-order valence-electron chi connectivity index (χ1n) is 9.14. The number of amides is 1. The quantitative estimate of drug-likeness (QED) is 0.868. The van der Waals surface area contributed by atoms with Gasteiger partial charge in [0, 0.05) is 37.7 Å². The fourth-order valence-corrected chi connectivity index (χ4v) is 3.68. The average molecular weight is 354 g/mol. The Morgan fingerprint density at radius 1 is 1.27 bits per heavy atom. The number of nitrogens with zero attached hydrogens (tertiary/aromatic N) is 1. The number of pyridine rings is 1. The van der Waals surface area contributed by atoms with Crippen molar-refractivity contribution < 1.29 is 9.53 Å². The normalized spacial score (nSPS) is 19.5. The second kappa shape index (κ2) is 8.32. The molecule has 1 heterocycles. The zero-order chi connectivity index (χ0) is 18.5. The molecule has 1 aromatic heterocycles. The standard InChI is InChI=1S/C21H26N2O3/c1-15-12-20(24)19(14-23(15)10-11-26-2)21(25)22-18-9-8-17(13-18)16-6-4-3-5-7-16/h3-7,12,14,17-18H,8-11,13H2,1-2H3,(H,22,25)/t17-,18+/m0/s1. The van der Waals surface area contributed by atoms with Gasteiger partial charge in [-0.3, -0.25) is 9.59 Å². The summed E-state index contributed by atoms with van der Waals surface area (Å²) in [6.45, 7) is 3.01. The molecule has 1 amide bonds. The first-order chi connectivity index (χ1) is 12.6. The number of benzene rings is 1. The van der Waals surface area contributed by atoms with Crippen molar-refractivity contribution in [1.82, 2.24) is 9.88 Å². The maximum absolute atomic E-state index is 12.6. The van der Waals surface area contributed by atoms with Gasteiger partial charge in [-0.1, -0.05) is 30.3 Å². The minimum absolute atomic E-state index is 0.112. The molecule has 0 radical (unpaired) electrons. The molecule has 0 aliphatic heterocycles. The molecule has 0 unspecified atom stereocenters. The Balaban J connectivity index is 1.68. The number of aromatic nitrogens is 1. The summed E-state index contributed by atoms with van der Waals surface area (Å²) in [5, 5.41) is 3.05. The minimum Gasteiger partial charge on any atom is -0.383 e. The Bertz CT molecular complexity index is 814. The third-order valence-electron chi connectivity index (χ3n) is 5.16. The largest absolute Gasteiger partial charge is 0.383 e. The molecular weight excluding hydrogens is 328 g/mol. The summed E-state index contributed by atoms with van der Waals surface area (Å²) in [5.74, 6) is 0.192. The molecule has 1 aliphatic carbocycles. The molecule has 5 heteroatoms. The van der Waals surface area contributed by atoms with Gasteiger partial charge in [-0.25, -0.2) is 0 Å². The highest BCUT2D eigenvalue weighted by Gasteiger charge is 2.27. The maximum atomic E-state index is 12.6. The number of rotatable bonds is 6. The third kappa shape index (κ3) is 4.22. The predicted octanol–water partition coefficient (Wildman–Crippen LogP) is 2.87. The number of hydrogen-bond acceptors (Lipinski definition) is 3. The molecule has 0 spiro atoms. The van der Waals surface area contributed by atoms with Crippen molar-refractivity contribution >= 4 is 5.91 Å². The van der Waals surface area contributed by atoms with Gasteiger partial charge in [0.1, 0.15) is 5.56 Å². The van der Waals surface area contributed by atoms with Crippen molar-refractivity contribution in [2.45, 2.75) is 44.7 Å². The molecule has 1 fully saturated rings. The van der Waals surface area contributed by atoms with Gasteiger partial charge in [0.05, 0.1) is 6.61 Å². The average Bonchev–Trinajstić information content (AvgIpc) is 3.10. The molecule has 2 atom stereocenters. The number of carbonyl (C=O) groups excluding carboxylic acids is 1. The van der Waals surface area contributed by atoms with Crippen LogP contribution in [0.5, 0.6) is 0 Å². The summed E-state index contributed by atoms with van der Waals surface area (Å²) in [6.07, 6.45) is 4.56. The van der Waals surface area contributed by atoms with E-state index < -0.39 is 0 Å². The molecule has 138 valence electrons. The predicted molar refractivity (Wildman–Crippen MR) is 102 cm³/mol. The second-order valence-electron chi connectivity index (χ2n) is 6.97. The van der Waals surface area contributed by atoms with Crippen LogP contribution in [0.1, 0.15) is 46.8 Å². The highest BCUT2D eigenvalue weighted by molar-refractivity contribution is 5.94. The molecule has 2 aromatic rings. The van der Waals surface area contributed by atoms with E-state index >= 15 is 0 Å². The van der Waals surface area contributed by atoms with Crippen LogP contribution < -0.4 is 10.7 Å². The Labute approximate surface area is 154 Å². The van der Waals surface area contributed by atoms with E-state index in [4.69, 9.17) is 4.74 Å². The van der Waals surface area contributed by atoms with Crippen LogP contribution >= 0.6 is 0 Å². The van der Waals surface area contributed by atoms with Crippen LogP contribution in [0.15, 0.2) is 47.4 Å². The summed E-state index contributed by atoms with van der Waals surface area (Å²) >= 11 is 0. The number of methoxy groups -OCH3 is 1. The topological polar surface area (TPSA) is 60.3 Å². The van der Waals surface area contributed by atoms with Gasteiger partial charge in [-0.15, -0.1) is 0 Å². The van der Waals surface area contributed by atoms with Gasteiger partial charge in [-0.2, -0.15) is 0 Å².